The van der Waals surface area contributed by atoms with E-state index in [1.807, 2.05) is 36.4 Å². The minimum atomic E-state index is -0.856. The lowest BCUT2D eigenvalue weighted by molar-refractivity contribution is 0.214. The highest BCUT2D eigenvalue weighted by Crippen LogP contribution is 2.28. The van der Waals surface area contributed by atoms with Gasteiger partial charge in [-0.25, -0.2) is 4.39 Å². The standard InChI is InChI=1S/C15H15FINO2/c1-9(2)20-12-5-10(7-18-8-12)15(19)13-4-3-11(16)6-14(13)17/h3-9,15,19H,1-2H3. The van der Waals surface area contributed by atoms with E-state index in [0.717, 1.165) is 0 Å². The van der Waals surface area contributed by atoms with Crippen LogP contribution in [0.3, 0.4) is 0 Å². The molecule has 106 valence electrons. The van der Waals surface area contributed by atoms with Crippen LogP contribution in [0.25, 0.3) is 0 Å². The minimum absolute atomic E-state index is 0.0372. The van der Waals surface area contributed by atoms with Gasteiger partial charge in [0.15, 0.2) is 0 Å². The van der Waals surface area contributed by atoms with E-state index in [-0.39, 0.29) is 11.9 Å². The normalized spacial score (nSPS) is 12.5. The van der Waals surface area contributed by atoms with Gasteiger partial charge in [-0.3, -0.25) is 4.98 Å². The van der Waals surface area contributed by atoms with E-state index in [0.29, 0.717) is 20.4 Å². The largest absolute Gasteiger partial charge is 0.489 e. The second-order valence-corrected chi connectivity index (χ2v) is 5.85. The second-order valence-electron chi connectivity index (χ2n) is 4.69. The summed E-state index contributed by atoms with van der Waals surface area (Å²) in [4.78, 5) is 4.07. The van der Waals surface area contributed by atoms with Crippen molar-refractivity contribution in [1.82, 2.24) is 4.98 Å². The van der Waals surface area contributed by atoms with Crippen molar-refractivity contribution in [2.75, 3.05) is 0 Å². The Morgan fingerprint density at radius 1 is 1.25 bits per heavy atom. The van der Waals surface area contributed by atoms with Crippen LogP contribution in [0, 0.1) is 9.39 Å². The summed E-state index contributed by atoms with van der Waals surface area (Å²) in [6, 6.07) is 6.05. The number of aliphatic hydroxyl groups is 1. The number of ether oxygens (including phenoxy) is 1. The van der Waals surface area contributed by atoms with E-state index < -0.39 is 6.10 Å². The second kappa shape index (κ2) is 6.49. The van der Waals surface area contributed by atoms with Crippen molar-refractivity contribution in [3.8, 4) is 5.75 Å². The van der Waals surface area contributed by atoms with Crippen LogP contribution in [0.5, 0.6) is 5.75 Å². The van der Waals surface area contributed by atoms with Gasteiger partial charge in [-0.05, 0) is 60.2 Å². The van der Waals surface area contributed by atoms with E-state index in [2.05, 4.69) is 4.98 Å². The van der Waals surface area contributed by atoms with Gasteiger partial charge in [-0.15, -0.1) is 0 Å². The molecule has 0 saturated heterocycles. The number of pyridine rings is 1. The van der Waals surface area contributed by atoms with Crippen LogP contribution in [0.4, 0.5) is 4.39 Å². The molecule has 2 aromatic rings. The molecule has 1 unspecified atom stereocenters. The number of rotatable bonds is 4. The fraction of sp³-hybridized carbons (Fsp3) is 0.267. The first-order valence-corrected chi connectivity index (χ1v) is 7.30. The monoisotopic (exact) mass is 387 g/mol. The Balaban J connectivity index is 2.30. The summed E-state index contributed by atoms with van der Waals surface area (Å²) in [5.74, 6) is 0.286. The molecular formula is C15H15FINO2. The van der Waals surface area contributed by atoms with Gasteiger partial charge < -0.3 is 9.84 Å². The number of benzene rings is 1. The molecule has 3 nitrogen and oxygen atoms in total. The van der Waals surface area contributed by atoms with Crippen molar-refractivity contribution in [1.29, 1.82) is 0 Å². The Bertz CT molecular complexity index is 604. The summed E-state index contributed by atoms with van der Waals surface area (Å²) in [5.41, 5.74) is 1.27. The fourth-order valence-corrected chi connectivity index (χ4v) is 2.60. The molecule has 5 heteroatoms. The quantitative estimate of drug-likeness (QED) is 0.814. The number of halogens is 2. The smallest absolute Gasteiger partial charge is 0.138 e. The predicted octanol–water partition coefficient (Wildman–Crippen LogP) is 3.69. The summed E-state index contributed by atoms with van der Waals surface area (Å²) in [5, 5.41) is 10.4. The molecule has 0 aliphatic carbocycles. The van der Waals surface area contributed by atoms with E-state index in [1.54, 1.807) is 24.5 Å². The Kier molecular flexibility index (Phi) is 4.93. The molecule has 1 heterocycles. The summed E-state index contributed by atoms with van der Waals surface area (Å²) < 4.78 is 19.3. The molecule has 0 amide bonds. The van der Waals surface area contributed by atoms with Crippen LogP contribution < -0.4 is 4.74 Å². The van der Waals surface area contributed by atoms with Gasteiger partial charge in [-0.1, -0.05) is 6.07 Å². The van der Waals surface area contributed by atoms with Gasteiger partial charge in [0.25, 0.3) is 0 Å². The summed E-state index contributed by atoms with van der Waals surface area (Å²) in [6.07, 6.45) is 2.37. The maximum atomic E-state index is 13.1. The third-order valence-electron chi connectivity index (χ3n) is 2.68. The van der Waals surface area contributed by atoms with Gasteiger partial charge in [0, 0.05) is 15.3 Å². The third kappa shape index (κ3) is 3.67. The lowest BCUT2D eigenvalue weighted by atomic mass is 10.0. The maximum absolute atomic E-state index is 13.1. The van der Waals surface area contributed by atoms with Crippen molar-refractivity contribution < 1.29 is 14.2 Å². The molecule has 1 aromatic carbocycles. The molecule has 20 heavy (non-hydrogen) atoms. The van der Waals surface area contributed by atoms with Crippen molar-refractivity contribution in [2.24, 2.45) is 0 Å². The zero-order valence-electron chi connectivity index (χ0n) is 11.2. The molecule has 0 saturated carbocycles. The molecule has 1 atom stereocenters. The first kappa shape index (κ1) is 15.2. The lowest BCUT2D eigenvalue weighted by Gasteiger charge is -2.15. The van der Waals surface area contributed by atoms with Crippen molar-refractivity contribution in [3.05, 3.63) is 57.2 Å². The van der Waals surface area contributed by atoms with Crippen LogP contribution in [-0.2, 0) is 0 Å². The first-order chi connectivity index (χ1) is 9.47. The van der Waals surface area contributed by atoms with Crippen LogP contribution in [0.2, 0.25) is 0 Å². The number of nitrogens with zero attached hydrogens (tertiary/aromatic N) is 1. The average molecular weight is 387 g/mol. The highest BCUT2D eigenvalue weighted by Gasteiger charge is 2.15. The molecule has 1 aromatic heterocycles. The summed E-state index contributed by atoms with van der Waals surface area (Å²) >= 11 is 2.00. The molecule has 0 spiro atoms. The molecule has 0 radical (unpaired) electrons. The van der Waals surface area contributed by atoms with E-state index in [1.165, 1.54) is 12.1 Å². The Morgan fingerprint density at radius 3 is 2.65 bits per heavy atom. The minimum Gasteiger partial charge on any atom is -0.489 e. The lowest BCUT2D eigenvalue weighted by Crippen LogP contribution is -2.08. The van der Waals surface area contributed by atoms with Crippen molar-refractivity contribution in [2.45, 2.75) is 26.1 Å². The van der Waals surface area contributed by atoms with Gasteiger partial charge in [0.1, 0.15) is 17.7 Å². The average Bonchev–Trinajstić information content (AvgIpc) is 2.37. The number of aromatic nitrogens is 1. The van der Waals surface area contributed by atoms with E-state index in [9.17, 15) is 9.50 Å². The highest BCUT2D eigenvalue weighted by atomic mass is 127. The van der Waals surface area contributed by atoms with Gasteiger partial charge >= 0.3 is 0 Å². The fourth-order valence-electron chi connectivity index (χ4n) is 1.82. The Hall–Kier alpha value is -1.21. The molecule has 0 fully saturated rings. The molecule has 0 aliphatic heterocycles. The van der Waals surface area contributed by atoms with Crippen molar-refractivity contribution >= 4 is 22.6 Å². The summed E-state index contributed by atoms with van der Waals surface area (Å²) in [7, 11) is 0. The number of aliphatic hydroxyl groups excluding tert-OH is 1. The maximum Gasteiger partial charge on any atom is 0.138 e. The van der Waals surface area contributed by atoms with Gasteiger partial charge in [0.2, 0.25) is 0 Å². The molecule has 1 N–H and O–H groups in total. The highest BCUT2D eigenvalue weighted by molar-refractivity contribution is 14.1. The molecular weight excluding hydrogens is 372 g/mol. The van der Waals surface area contributed by atoms with E-state index >= 15 is 0 Å². The van der Waals surface area contributed by atoms with Gasteiger partial charge in [-0.2, -0.15) is 0 Å². The number of hydrogen-bond donors (Lipinski definition) is 1. The Labute approximate surface area is 131 Å². The molecule has 0 aliphatic rings. The van der Waals surface area contributed by atoms with Crippen LogP contribution >= 0.6 is 22.6 Å². The number of hydrogen-bond acceptors (Lipinski definition) is 3. The van der Waals surface area contributed by atoms with Gasteiger partial charge in [0.05, 0.1) is 12.3 Å². The Morgan fingerprint density at radius 2 is 2.00 bits per heavy atom. The topological polar surface area (TPSA) is 42.4 Å². The molecule has 0 bridgehead atoms. The predicted molar refractivity (Wildman–Crippen MR) is 83.2 cm³/mol. The van der Waals surface area contributed by atoms with E-state index in [4.69, 9.17) is 4.74 Å². The van der Waals surface area contributed by atoms with Crippen LogP contribution in [-0.4, -0.2) is 16.2 Å². The first-order valence-electron chi connectivity index (χ1n) is 6.22. The zero-order valence-corrected chi connectivity index (χ0v) is 13.3. The summed E-state index contributed by atoms with van der Waals surface area (Å²) in [6.45, 7) is 3.85. The SMILES string of the molecule is CC(C)Oc1cncc(C(O)c2ccc(F)cc2I)c1. The molecule has 2 rings (SSSR count). The zero-order chi connectivity index (χ0) is 14.7. The van der Waals surface area contributed by atoms with Crippen LogP contribution in [0.15, 0.2) is 36.7 Å². The van der Waals surface area contributed by atoms with Crippen molar-refractivity contribution in [3.63, 3.8) is 0 Å². The van der Waals surface area contributed by atoms with Crippen LogP contribution in [0.1, 0.15) is 31.1 Å². The third-order valence-corrected chi connectivity index (χ3v) is 3.61.